The Balaban J connectivity index is 2.98. The molecule has 1 aromatic carbocycles. The number of ether oxygens (including phenoxy) is 1. The first-order valence-corrected chi connectivity index (χ1v) is 4.73. The minimum Gasteiger partial charge on any atom is -0.486 e. The van der Waals surface area contributed by atoms with Crippen LogP contribution < -0.4 is 10.5 Å². The van der Waals surface area contributed by atoms with Gasteiger partial charge in [-0.2, -0.15) is 0 Å². The van der Waals surface area contributed by atoms with E-state index in [4.69, 9.17) is 10.5 Å². The second kappa shape index (κ2) is 4.33. The minimum atomic E-state index is 0.464. The first kappa shape index (κ1) is 10.1. The van der Waals surface area contributed by atoms with Crippen LogP contribution in [0.1, 0.15) is 5.56 Å². The van der Waals surface area contributed by atoms with Crippen LogP contribution in [-0.4, -0.2) is 6.61 Å². The summed E-state index contributed by atoms with van der Waals surface area (Å²) >= 11 is 3.39. The standard InChI is InChI=1S/C10H12BrNO/c1-3-4-13-10-8(11)5-7(2)6-9(10)12/h3,5-6H,1,4,12H2,2H3. The largest absolute Gasteiger partial charge is 0.486 e. The molecule has 0 atom stereocenters. The Hall–Kier alpha value is -0.960. The van der Waals surface area contributed by atoms with Crippen LogP contribution in [0.4, 0.5) is 5.69 Å². The van der Waals surface area contributed by atoms with Crippen molar-refractivity contribution in [3.8, 4) is 5.75 Å². The van der Waals surface area contributed by atoms with Gasteiger partial charge in [0.05, 0.1) is 10.2 Å². The summed E-state index contributed by atoms with van der Waals surface area (Å²) in [5.74, 6) is 0.686. The van der Waals surface area contributed by atoms with Crippen molar-refractivity contribution in [1.82, 2.24) is 0 Å². The van der Waals surface area contributed by atoms with Gasteiger partial charge in [-0.05, 0) is 40.5 Å². The zero-order chi connectivity index (χ0) is 9.84. The number of anilines is 1. The molecule has 0 aliphatic carbocycles. The molecule has 2 N–H and O–H groups in total. The van der Waals surface area contributed by atoms with Crippen LogP contribution in [0.5, 0.6) is 5.75 Å². The summed E-state index contributed by atoms with van der Waals surface area (Å²) < 4.78 is 6.26. The molecular formula is C10H12BrNO. The first-order chi connectivity index (χ1) is 6.15. The van der Waals surface area contributed by atoms with Crippen molar-refractivity contribution in [3.63, 3.8) is 0 Å². The molecule has 13 heavy (non-hydrogen) atoms. The number of benzene rings is 1. The maximum atomic E-state index is 5.77. The first-order valence-electron chi connectivity index (χ1n) is 3.94. The molecule has 0 saturated carbocycles. The SMILES string of the molecule is C=CCOc1c(N)cc(C)cc1Br. The van der Waals surface area contributed by atoms with E-state index >= 15 is 0 Å². The van der Waals surface area contributed by atoms with E-state index in [1.54, 1.807) is 6.08 Å². The summed E-state index contributed by atoms with van der Waals surface area (Å²) in [4.78, 5) is 0. The quantitative estimate of drug-likeness (QED) is 0.653. The van der Waals surface area contributed by atoms with Crippen LogP contribution in [0, 0.1) is 6.92 Å². The molecule has 0 spiro atoms. The lowest BCUT2D eigenvalue weighted by Crippen LogP contribution is -1.98. The molecular weight excluding hydrogens is 230 g/mol. The molecule has 70 valence electrons. The fraction of sp³-hybridized carbons (Fsp3) is 0.200. The van der Waals surface area contributed by atoms with Gasteiger partial charge in [0.25, 0.3) is 0 Å². The van der Waals surface area contributed by atoms with Crippen LogP contribution >= 0.6 is 15.9 Å². The average molecular weight is 242 g/mol. The lowest BCUT2D eigenvalue weighted by Gasteiger charge is -2.09. The summed E-state index contributed by atoms with van der Waals surface area (Å²) in [5.41, 5.74) is 7.53. The highest BCUT2D eigenvalue weighted by atomic mass is 79.9. The number of halogens is 1. The van der Waals surface area contributed by atoms with E-state index in [0.717, 1.165) is 10.0 Å². The molecule has 0 aliphatic rings. The number of nitrogen functional groups attached to an aromatic ring is 1. The molecule has 0 fully saturated rings. The van der Waals surface area contributed by atoms with Crippen molar-refractivity contribution < 1.29 is 4.74 Å². The summed E-state index contributed by atoms with van der Waals surface area (Å²) in [6, 6.07) is 3.85. The zero-order valence-corrected chi connectivity index (χ0v) is 9.10. The number of hydrogen-bond donors (Lipinski definition) is 1. The highest BCUT2D eigenvalue weighted by Gasteiger charge is 2.05. The summed E-state index contributed by atoms with van der Waals surface area (Å²) in [6.45, 7) is 6.02. The third-order valence-electron chi connectivity index (χ3n) is 1.56. The van der Waals surface area contributed by atoms with Crippen molar-refractivity contribution in [2.45, 2.75) is 6.92 Å². The Kier molecular flexibility index (Phi) is 3.37. The van der Waals surface area contributed by atoms with Crippen molar-refractivity contribution in [2.75, 3.05) is 12.3 Å². The maximum absolute atomic E-state index is 5.77. The van der Waals surface area contributed by atoms with Gasteiger partial charge in [-0.1, -0.05) is 12.7 Å². The monoisotopic (exact) mass is 241 g/mol. The molecule has 0 radical (unpaired) electrons. The third-order valence-corrected chi connectivity index (χ3v) is 2.15. The fourth-order valence-electron chi connectivity index (χ4n) is 1.05. The van der Waals surface area contributed by atoms with E-state index in [9.17, 15) is 0 Å². The number of rotatable bonds is 3. The predicted octanol–water partition coefficient (Wildman–Crippen LogP) is 2.90. The highest BCUT2D eigenvalue weighted by Crippen LogP contribution is 2.32. The van der Waals surface area contributed by atoms with Gasteiger partial charge >= 0.3 is 0 Å². The molecule has 2 nitrogen and oxygen atoms in total. The molecule has 0 aliphatic heterocycles. The Bertz CT molecular complexity index is 300. The van der Waals surface area contributed by atoms with Crippen LogP contribution in [0.15, 0.2) is 29.3 Å². The van der Waals surface area contributed by atoms with Gasteiger partial charge in [0.2, 0.25) is 0 Å². The van der Waals surface area contributed by atoms with Gasteiger partial charge in [0.15, 0.2) is 5.75 Å². The van der Waals surface area contributed by atoms with Crippen LogP contribution in [-0.2, 0) is 0 Å². The van der Waals surface area contributed by atoms with Gasteiger partial charge in [0.1, 0.15) is 6.61 Å². The van der Waals surface area contributed by atoms with Crippen LogP contribution in [0.2, 0.25) is 0 Å². The summed E-state index contributed by atoms with van der Waals surface area (Å²) in [6.07, 6.45) is 1.69. The summed E-state index contributed by atoms with van der Waals surface area (Å²) in [5, 5.41) is 0. The van der Waals surface area contributed by atoms with Gasteiger partial charge in [-0.3, -0.25) is 0 Å². The van der Waals surface area contributed by atoms with E-state index in [1.807, 2.05) is 19.1 Å². The zero-order valence-electron chi connectivity index (χ0n) is 7.51. The third kappa shape index (κ3) is 2.49. The Morgan fingerprint density at radius 2 is 2.31 bits per heavy atom. The molecule has 0 aromatic heterocycles. The predicted molar refractivity (Wildman–Crippen MR) is 59.0 cm³/mol. The summed E-state index contributed by atoms with van der Waals surface area (Å²) in [7, 11) is 0. The highest BCUT2D eigenvalue weighted by molar-refractivity contribution is 9.10. The van der Waals surface area contributed by atoms with Gasteiger partial charge in [0, 0.05) is 0 Å². The Labute approximate surface area is 86.5 Å². The molecule has 0 amide bonds. The smallest absolute Gasteiger partial charge is 0.156 e. The second-order valence-corrected chi connectivity index (χ2v) is 3.62. The number of aryl methyl sites for hydroxylation is 1. The fourth-order valence-corrected chi connectivity index (χ4v) is 1.75. The van der Waals surface area contributed by atoms with E-state index in [0.29, 0.717) is 18.0 Å². The van der Waals surface area contributed by atoms with Crippen LogP contribution in [0.3, 0.4) is 0 Å². The van der Waals surface area contributed by atoms with Crippen molar-refractivity contribution in [1.29, 1.82) is 0 Å². The van der Waals surface area contributed by atoms with Gasteiger partial charge in [-0.15, -0.1) is 0 Å². The molecule has 1 rings (SSSR count). The van der Waals surface area contributed by atoms with Crippen molar-refractivity contribution in [3.05, 3.63) is 34.8 Å². The molecule has 0 bridgehead atoms. The number of nitrogens with two attached hydrogens (primary N) is 1. The van der Waals surface area contributed by atoms with E-state index in [-0.39, 0.29) is 0 Å². The molecule has 0 saturated heterocycles. The van der Waals surface area contributed by atoms with Gasteiger partial charge < -0.3 is 10.5 Å². The van der Waals surface area contributed by atoms with Crippen molar-refractivity contribution >= 4 is 21.6 Å². The van der Waals surface area contributed by atoms with Crippen molar-refractivity contribution in [2.24, 2.45) is 0 Å². The second-order valence-electron chi connectivity index (χ2n) is 2.76. The molecule has 0 unspecified atom stereocenters. The molecule has 0 heterocycles. The minimum absolute atomic E-state index is 0.464. The lowest BCUT2D eigenvalue weighted by molar-refractivity contribution is 0.363. The maximum Gasteiger partial charge on any atom is 0.156 e. The lowest BCUT2D eigenvalue weighted by atomic mass is 10.2. The van der Waals surface area contributed by atoms with E-state index in [2.05, 4.69) is 22.5 Å². The Morgan fingerprint density at radius 3 is 2.85 bits per heavy atom. The normalized spacial score (nSPS) is 9.69. The molecule has 1 aromatic rings. The van der Waals surface area contributed by atoms with E-state index in [1.165, 1.54) is 0 Å². The number of hydrogen-bond acceptors (Lipinski definition) is 2. The van der Waals surface area contributed by atoms with Crippen LogP contribution in [0.25, 0.3) is 0 Å². The topological polar surface area (TPSA) is 35.2 Å². The van der Waals surface area contributed by atoms with E-state index < -0.39 is 0 Å². The molecule has 3 heteroatoms. The average Bonchev–Trinajstić information content (AvgIpc) is 2.02. The van der Waals surface area contributed by atoms with Gasteiger partial charge in [-0.25, -0.2) is 0 Å². The Morgan fingerprint density at radius 1 is 1.62 bits per heavy atom.